The maximum absolute atomic E-state index is 11.7. The maximum atomic E-state index is 11.7. The molecule has 1 rings (SSSR count). The fraction of sp³-hybridized carbons (Fsp3) is 0.273. The van der Waals surface area contributed by atoms with Gasteiger partial charge in [-0.15, -0.1) is 0 Å². The van der Waals surface area contributed by atoms with Crippen molar-refractivity contribution in [3.05, 3.63) is 41.8 Å². The summed E-state index contributed by atoms with van der Waals surface area (Å²) in [5.41, 5.74) is 1.71. The lowest BCUT2D eigenvalue weighted by molar-refractivity contribution is 0.600. The van der Waals surface area contributed by atoms with Crippen molar-refractivity contribution < 1.29 is 8.42 Å². The Bertz CT molecular complexity index is 451. The van der Waals surface area contributed by atoms with Gasteiger partial charge in [-0.25, -0.2) is 8.42 Å². The molecule has 0 spiro atoms. The smallest absolute Gasteiger partial charge is 0.256 e. The van der Waals surface area contributed by atoms with Gasteiger partial charge in [-0.1, -0.05) is 18.7 Å². The van der Waals surface area contributed by atoms with Crippen LogP contribution in [0, 0.1) is 6.92 Å². The predicted octanol–water partition coefficient (Wildman–Crippen LogP) is 2.29. The molecular formula is C11H15NO2S. The number of sulfonamides is 1. The minimum Gasteiger partial charge on any atom is -0.267 e. The van der Waals surface area contributed by atoms with E-state index in [1.807, 2.05) is 25.1 Å². The first kappa shape index (κ1) is 11.8. The van der Waals surface area contributed by atoms with Crippen LogP contribution in [-0.2, 0) is 10.0 Å². The average Bonchev–Trinajstić information content (AvgIpc) is 2.18. The van der Waals surface area contributed by atoms with E-state index in [4.69, 9.17) is 0 Å². The van der Waals surface area contributed by atoms with E-state index in [0.29, 0.717) is 12.2 Å². The van der Waals surface area contributed by atoms with Crippen molar-refractivity contribution in [3.8, 4) is 0 Å². The lowest BCUT2D eigenvalue weighted by Gasteiger charge is -2.20. The first-order chi connectivity index (χ1) is 7.01. The topological polar surface area (TPSA) is 37.4 Å². The molecule has 0 saturated carbocycles. The summed E-state index contributed by atoms with van der Waals surface area (Å²) in [5.74, 6) is 0. The standard InChI is InChI=1S/C11H15NO2S/c1-4-12(15(13,14)5-2)11-8-6-7-10(3)9-11/h5-9H,2,4H2,1,3H3. The van der Waals surface area contributed by atoms with Crippen LogP contribution in [0.15, 0.2) is 36.3 Å². The number of aryl methyl sites for hydroxylation is 1. The number of hydrogen-bond donors (Lipinski definition) is 0. The molecule has 0 atom stereocenters. The fourth-order valence-corrected chi connectivity index (χ4v) is 2.33. The minimum absolute atomic E-state index is 0.401. The minimum atomic E-state index is -3.38. The third-order valence-electron chi connectivity index (χ3n) is 2.09. The molecule has 0 radical (unpaired) electrons. The van der Waals surface area contributed by atoms with Gasteiger partial charge in [0.2, 0.25) is 0 Å². The Balaban J connectivity index is 3.20. The van der Waals surface area contributed by atoms with Gasteiger partial charge < -0.3 is 0 Å². The summed E-state index contributed by atoms with van der Waals surface area (Å²) in [6.07, 6.45) is 0. The fourth-order valence-electron chi connectivity index (χ4n) is 1.38. The number of rotatable bonds is 4. The molecule has 0 amide bonds. The molecule has 3 nitrogen and oxygen atoms in total. The van der Waals surface area contributed by atoms with E-state index in [1.165, 1.54) is 4.31 Å². The van der Waals surface area contributed by atoms with Crippen molar-refractivity contribution >= 4 is 15.7 Å². The van der Waals surface area contributed by atoms with E-state index in [-0.39, 0.29) is 0 Å². The van der Waals surface area contributed by atoms with Crippen LogP contribution in [0.1, 0.15) is 12.5 Å². The quantitative estimate of drug-likeness (QED) is 0.788. The number of hydrogen-bond acceptors (Lipinski definition) is 2. The van der Waals surface area contributed by atoms with E-state index in [0.717, 1.165) is 11.0 Å². The van der Waals surface area contributed by atoms with E-state index in [2.05, 4.69) is 6.58 Å². The van der Waals surface area contributed by atoms with Gasteiger partial charge in [-0.3, -0.25) is 4.31 Å². The Morgan fingerprint density at radius 2 is 2.13 bits per heavy atom. The Kier molecular flexibility index (Phi) is 3.52. The third kappa shape index (κ3) is 2.59. The lowest BCUT2D eigenvalue weighted by Crippen LogP contribution is -2.28. The van der Waals surface area contributed by atoms with Crippen LogP contribution in [-0.4, -0.2) is 15.0 Å². The molecule has 0 aliphatic carbocycles. The summed E-state index contributed by atoms with van der Waals surface area (Å²) in [6, 6.07) is 7.38. The average molecular weight is 225 g/mol. The highest BCUT2D eigenvalue weighted by Gasteiger charge is 2.16. The van der Waals surface area contributed by atoms with Gasteiger partial charge in [0.15, 0.2) is 0 Å². The molecule has 0 fully saturated rings. The summed E-state index contributed by atoms with van der Waals surface area (Å²) < 4.78 is 24.6. The Labute approximate surface area is 91.1 Å². The molecule has 0 bridgehead atoms. The zero-order valence-corrected chi connectivity index (χ0v) is 9.79. The van der Waals surface area contributed by atoms with Crippen molar-refractivity contribution in [3.63, 3.8) is 0 Å². The largest absolute Gasteiger partial charge is 0.267 e. The normalized spacial score (nSPS) is 11.1. The van der Waals surface area contributed by atoms with Crippen LogP contribution in [0.25, 0.3) is 0 Å². The summed E-state index contributed by atoms with van der Waals surface area (Å²) in [7, 11) is -3.38. The summed E-state index contributed by atoms with van der Waals surface area (Å²) in [6.45, 7) is 7.44. The zero-order chi connectivity index (χ0) is 11.5. The van der Waals surface area contributed by atoms with Crippen molar-refractivity contribution in [1.82, 2.24) is 0 Å². The van der Waals surface area contributed by atoms with Crippen molar-refractivity contribution in [1.29, 1.82) is 0 Å². The molecule has 0 unspecified atom stereocenters. The maximum Gasteiger partial charge on any atom is 0.256 e. The SMILES string of the molecule is C=CS(=O)(=O)N(CC)c1cccc(C)c1. The van der Waals surface area contributed by atoms with Crippen LogP contribution in [0.4, 0.5) is 5.69 Å². The molecule has 1 aromatic rings. The second kappa shape index (κ2) is 4.49. The van der Waals surface area contributed by atoms with Crippen molar-refractivity contribution in [2.75, 3.05) is 10.8 Å². The van der Waals surface area contributed by atoms with E-state index >= 15 is 0 Å². The van der Waals surface area contributed by atoms with Crippen molar-refractivity contribution in [2.24, 2.45) is 0 Å². The van der Waals surface area contributed by atoms with Gasteiger partial charge >= 0.3 is 0 Å². The molecule has 4 heteroatoms. The second-order valence-electron chi connectivity index (χ2n) is 3.22. The highest BCUT2D eigenvalue weighted by Crippen LogP contribution is 2.19. The van der Waals surface area contributed by atoms with Gasteiger partial charge in [-0.05, 0) is 31.5 Å². The Morgan fingerprint density at radius 1 is 1.47 bits per heavy atom. The molecule has 15 heavy (non-hydrogen) atoms. The Hall–Kier alpha value is -1.29. The molecule has 0 heterocycles. The van der Waals surface area contributed by atoms with Gasteiger partial charge in [0.1, 0.15) is 0 Å². The summed E-state index contributed by atoms with van der Waals surface area (Å²) >= 11 is 0. The van der Waals surface area contributed by atoms with Crippen LogP contribution in [0.5, 0.6) is 0 Å². The number of anilines is 1. The van der Waals surface area contributed by atoms with Crippen LogP contribution in [0.2, 0.25) is 0 Å². The molecule has 1 aromatic carbocycles. The first-order valence-electron chi connectivity index (χ1n) is 4.73. The monoisotopic (exact) mass is 225 g/mol. The lowest BCUT2D eigenvalue weighted by atomic mass is 10.2. The van der Waals surface area contributed by atoms with Crippen LogP contribution >= 0.6 is 0 Å². The molecule has 0 aliphatic heterocycles. The molecule has 0 N–H and O–H groups in total. The van der Waals surface area contributed by atoms with Crippen molar-refractivity contribution in [2.45, 2.75) is 13.8 Å². The third-order valence-corrected chi connectivity index (χ3v) is 3.60. The highest BCUT2D eigenvalue weighted by molar-refractivity contribution is 7.95. The summed E-state index contributed by atoms with van der Waals surface area (Å²) in [4.78, 5) is 0. The summed E-state index contributed by atoms with van der Waals surface area (Å²) in [5, 5.41) is 0.971. The van der Waals surface area contributed by atoms with Gasteiger partial charge in [-0.2, -0.15) is 0 Å². The second-order valence-corrected chi connectivity index (χ2v) is 5.02. The highest BCUT2D eigenvalue weighted by atomic mass is 32.2. The molecule has 0 aliphatic rings. The Morgan fingerprint density at radius 3 is 2.60 bits per heavy atom. The number of benzene rings is 1. The molecule has 0 aromatic heterocycles. The van der Waals surface area contributed by atoms with Gasteiger partial charge in [0.05, 0.1) is 5.69 Å². The molecular weight excluding hydrogens is 210 g/mol. The zero-order valence-electron chi connectivity index (χ0n) is 8.97. The van der Waals surface area contributed by atoms with Gasteiger partial charge in [0, 0.05) is 12.0 Å². The number of nitrogens with zero attached hydrogens (tertiary/aromatic N) is 1. The first-order valence-corrected chi connectivity index (χ1v) is 6.23. The molecule has 82 valence electrons. The van der Waals surface area contributed by atoms with Crippen LogP contribution < -0.4 is 4.31 Å². The molecule has 0 saturated heterocycles. The predicted molar refractivity (Wildman–Crippen MR) is 63.3 cm³/mol. The van der Waals surface area contributed by atoms with E-state index in [1.54, 1.807) is 13.0 Å². The van der Waals surface area contributed by atoms with E-state index < -0.39 is 10.0 Å². The van der Waals surface area contributed by atoms with Crippen LogP contribution in [0.3, 0.4) is 0 Å². The van der Waals surface area contributed by atoms with Gasteiger partial charge in [0.25, 0.3) is 10.0 Å². The van der Waals surface area contributed by atoms with E-state index in [9.17, 15) is 8.42 Å².